The lowest BCUT2D eigenvalue weighted by molar-refractivity contribution is -0.131. The predicted octanol–water partition coefficient (Wildman–Crippen LogP) is 1.06. The van der Waals surface area contributed by atoms with Gasteiger partial charge in [0, 0.05) is 45.3 Å². The highest BCUT2D eigenvalue weighted by Crippen LogP contribution is 2.24. The van der Waals surface area contributed by atoms with Crippen LogP contribution in [0.2, 0.25) is 5.15 Å². The molecule has 124 valence electrons. The molecule has 22 heavy (non-hydrogen) atoms. The molecule has 1 aromatic rings. The van der Waals surface area contributed by atoms with Gasteiger partial charge in [-0.15, -0.1) is 0 Å². The van der Waals surface area contributed by atoms with Crippen LogP contribution in [0.3, 0.4) is 0 Å². The first-order valence-electron chi connectivity index (χ1n) is 7.78. The van der Waals surface area contributed by atoms with Gasteiger partial charge in [-0.3, -0.25) is 9.48 Å². The van der Waals surface area contributed by atoms with E-state index in [-0.39, 0.29) is 5.91 Å². The van der Waals surface area contributed by atoms with Gasteiger partial charge in [-0.1, -0.05) is 25.4 Å². The number of aryl methyl sites for hydroxylation is 1. The van der Waals surface area contributed by atoms with E-state index in [0.29, 0.717) is 24.2 Å². The number of nitrogens with zero attached hydrogens (tertiary/aromatic N) is 4. The molecule has 1 fully saturated rings. The average molecular weight is 328 g/mol. The van der Waals surface area contributed by atoms with Crippen molar-refractivity contribution >= 4 is 17.5 Å². The Hall–Kier alpha value is -1.11. The van der Waals surface area contributed by atoms with Crippen molar-refractivity contribution in [3.8, 4) is 0 Å². The fraction of sp³-hybridized carbons (Fsp3) is 0.733. The third-order valence-electron chi connectivity index (χ3n) is 4.08. The minimum atomic E-state index is 0.152. The molecule has 0 spiro atoms. The number of likely N-dealkylation sites (N-methyl/N-ethyl adjacent to an activating group) is 1. The van der Waals surface area contributed by atoms with Gasteiger partial charge in [0.2, 0.25) is 5.91 Å². The SMILES string of the molecule is CC(C)c1nn(C)c(Cl)c1CNCC(=O)N1CCN(C)CC1. The topological polar surface area (TPSA) is 53.4 Å². The van der Waals surface area contributed by atoms with E-state index in [1.807, 2.05) is 11.9 Å². The third kappa shape index (κ3) is 4.00. The van der Waals surface area contributed by atoms with Gasteiger partial charge in [0.25, 0.3) is 0 Å². The second kappa shape index (κ2) is 7.44. The van der Waals surface area contributed by atoms with Crippen molar-refractivity contribution in [2.24, 2.45) is 7.05 Å². The first-order valence-corrected chi connectivity index (χ1v) is 8.16. The quantitative estimate of drug-likeness (QED) is 0.878. The number of halogens is 1. The second-order valence-electron chi connectivity index (χ2n) is 6.22. The number of piperazine rings is 1. The van der Waals surface area contributed by atoms with Gasteiger partial charge in [-0.2, -0.15) is 5.10 Å². The molecule has 2 rings (SSSR count). The molecule has 6 nitrogen and oxygen atoms in total. The largest absolute Gasteiger partial charge is 0.339 e. The van der Waals surface area contributed by atoms with Crippen LogP contribution in [0.5, 0.6) is 0 Å². The molecule has 0 unspecified atom stereocenters. The molecule has 1 aliphatic rings. The molecular formula is C15H26ClN5O. The Morgan fingerprint density at radius 3 is 2.50 bits per heavy atom. The molecule has 0 aliphatic carbocycles. The zero-order chi connectivity index (χ0) is 16.3. The van der Waals surface area contributed by atoms with E-state index >= 15 is 0 Å². The molecule has 0 radical (unpaired) electrons. The maximum atomic E-state index is 12.2. The molecule has 1 amide bonds. The lowest BCUT2D eigenvalue weighted by Crippen LogP contribution is -2.49. The minimum absolute atomic E-state index is 0.152. The summed E-state index contributed by atoms with van der Waals surface area (Å²) in [4.78, 5) is 16.4. The van der Waals surface area contributed by atoms with E-state index in [0.717, 1.165) is 37.4 Å². The van der Waals surface area contributed by atoms with Crippen molar-refractivity contribution in [3.63, 3.8) is 0 Å². The Balaban J connectivity index is 1.87. The molecule has 1 aliphatic heterocycles. The van der Waals surface area contributed by atoms with Crippen molar-refractivity contribution in [3.05, 3.63) is 16.4 Å². The summed E-state index contributed by atoms with van der Waals surface area (Å²) in [6.07, 6.45) is 0. The fourth-order valence-electron chi connectivity index (χ4n) is 2.66. The van der Waals surface area contributed by atoms with Crippen molar-refractivity contribution in [1.82, 2.24) is 24.9 Å². The zero-order valence-corrected chi connectivity index (χ0v) is 14.7. The smallest absolute Gasteiger partial charge is 0.236 e. The number of aromatic nitrogens is 2. The Kier molecular flexibility index (Phi) is 5.83. The fourth-order valence-corrected chi connectivity index (χ4v) is 2.86. The monoisotopic (exact) mass is 327 g/mol. The Labute approximate surface area is 137 Å². The van der Waals surface area contributed by atoms with Gasteiger partial charge in [0.05, 0.1) is 12.2 Å². The molecule has 1 N–H and O–H groups in total. The minimum Gasteiger partial charge on any atom is -0.339 e. The normalized spacial score (nSPS) is 16.5. The van der Waals surface area contributed by atoms with Gasteiger partial charge < -0.3 is 15.1 Å². The van der Waals surface area contributed by atoms with Gasteiger partial charge in [-0.05, 0) is 13.0 Å². The van der Waals surface area contributed by atoms with E-state index in [9.17, 15) is 4.79 Å². The summed E-state index contributed by atoms with van der Waals surface area (Å²) >= 11 is 6.30. The third-order valence-corrected chi connectivity index (χ3v) is 4.55. The summed E-state index contributed by atoms with van der Waals surface area (Å²) in [5.41, 5.74) is 1.98. The zero-order valence-electron chi connectivity index (χ0n) is 13.9. The number of hydrogen-bond donors (Lipinski definition) is 1. The van der Waals surface area contributed by atoms with Crippen molar-refractivity contribution in [2.75, 3.05) is 39.8 Å². The highest BCUT2D eigenvalue weighted by molar-refractivity contribution is 6.30. The van der Waals surface area contributed by atoms with Crippen LogP contribution < -0.4 is 5.32 Å². The van der Waals surface area contributed by atoms with Crippen molar-refractivity contribution < 1.29 is 4.79 Å². The van der Waals surface area contributed by atoms with Crippen LogP contribution in [0, 0.1) is 0 Å². The van der Waals surface area contributed by atoms with Gasteiger partial charge in [0.1, 0.15) is 5.15 Å². The van der Waals surface area contributed by atoms with E-state index < -0.39 is 0 Å². The molecular weight excluding hydrogens is 302 g/mol. The molecule has 0 bridgehead atoms. The number of carbonyl (C=O) groups excluding carboxylic acids is 1. The molecule has 1 saturated heterocycles. The number of carbonyl (C=O) groups is 1. The summed E-state index contributed by atoms with van der Waals surface area (Å²) < 4.78 is 1.69. The average Bonchev–Trinajstić information content (AvgIpc) is 2.76. The molecule has 0 aromatic carbocycles. The molecule has 7 heteroatoms. The van der Waals surface area contributed by atoms with Crippen molar-refractivity contribution in [2.45, 2.75) is 26.3 Å². The van der Waals surface area contributed by atoms with Gasteiger partial charge in [0.15, 0.2) is 0 Å². The maximum absolute atomic E-state index is 12.2. The second-order valence-corrected chi connectivity index (χ2v) is 6.58. The van der Waals surface area contributed by atoms with E-state index in [4.69, 9.17) is 11.6 Å². The lowest BCUT2D eigenvalue weighted by atomic mass is 10.1. The van der Waals surface area contributed by atoms with Crippen LogP contribution in [0.25, 0.3) is 0 Å². The predicted molar refractivity (Wildman–Crippen MR) is 88.1 cm³/mol. The van der Waals surface area contributed by atoms with Crippen LogP contribution in [-0.4, -0.2) is 65.3 Å². The number of hydrogen-bond acceptors (Lipinski definition) is 4. The summed E-state index contributed by atoms with van der Waals surface area (Å²) in [5, 5.41) is 8.31. The Bertz CT molecular complexity index is 520. The molecule has 2 heterocycles. The number of rotatable bonds is 5. The summed E-state index contributed by atoms with van der Waals surface area (Å²) in [6.45, 7) is 8.60. The summed E-state index contributed by atoms with van der Waals surface area (Å²) in [7, 11) is 3.92. The Morgan fingerprint density at radius 1 is 1.27 bits per heavy atom. The lowest BCUT2D eigenvalue weighted by Gasteiger charge is -2.32. The van der Waals surface area contributed by atoms with Crippen molar-refractivity contribution in [1.29, 1.82) is 0 Å². The van der Waals surface area contributed by atoms with Crippen LogP contribution in [0.1, 0.15) is 31.0 Å². The molecule has 0 atom stereocenters. The number of nitrogens with one attached hydrogen (secondary N) is 1. The summed E-state index contributed by atoms with van der Waals surface area (Å²) in [5.74, 6) is 0.461. The van der Waals surface area contributed by atoms with Gasteiger partial charge in [-0.25, -0.2) is 0 Å². The first kappa shape index (κ1) is 17.2. The van der Waals surface area contributed by atoms with Gasteiger partial charge >= 0.3 is 0 Å². The maximum Gasteiger partial charge on any atom is 0.236 e. The summed E-state index contributed by atoms with van der Waals surface area (Å²) in [6, 6.07) is 0. The highest BCUT2D eigenvalue weighted by Gasteiger charge is 2.20. The van der Waals surface area contributed by atoms with Crippen LogP contribution in [0.4, 0.5) is 0 Å². The highest BCUT2D eigenvalue weighted by atomic mass is 35.5. The van der Waals surface area contributed by atoms with Crippen LogP contribution in [-0.2, 0) is 18.4 Å². The number of amides is 1. The van der Waals surface area contributed by atoms with E-state index in [2.05, 4.69) is 36.2 Å². The van der Waals surface area contributed by atoms with Crippen LogP contribution in [0.15, 0.2) is 0 Å². The van der Waals surface area contributed by atoms with Crippen LogP contribution >= 0.6 is 11.6 Å². The van der Waals surface area contributed by atoms with E-state index in [1.54, 1.807) is 4.68 Å². The standard InChI is InChI=1S/C15H26ClN5O/c1-11(2)14-12(15(16)20(4)18-14)9-17-10-13(22)21-7-5-19(3)6-8-21/h11,17H,5-10H2,1-4H3. The first-order chi connectivity index (χ1) is 10.4. The Morgan fingerprint density at radius 2 is 1.91 bits per heavy atom. The molecule has 1 aromatic heterocycles. The van der Waals surface area contributed by atoms with E-state index in [1.165, 1.54) is 0 Å². The molecule has 0 saturated carbocycles.